The second-order valence-corrected chi connectivity index (χ2v) is 6.45. The molecule has 1 unspecified atom stereocenters. The molecule has 0 saturated carbocycles. The molecule has 1 atom stereocenters. The van der Waals surface area contributed by atoms with Crippen LogP contribution in [-0.2, 0) is 14.4 Å². The van der Waals surface area contributed by atoms with Gasteiger partial charge in [0, 0.05) is 18.6 Å². The molecule has 24 heavy (non-hydrogen) atoms. The highest BCUT2D eigenvalue weighted by Gasteiger charge is 2.34. The number of carbonyl (C=O) groups is 3. The van der Waals surface area contributed by atoms with Gasteiger partial charge in [-0.15, -0.1) is 11.8 Å². The van der Waals surface area contributed by atoms with E-state index in [0.29, 0.717) is 24.5 Å². The van der Waals surface area contributed by atoms with Crippen molar-refractivity contribution in [3.8, 4) is 0 Å². The zero-order chi connectivity index (χ0) is 17.5. The van der Waals surface area contributed by atoms with Gasteiger partial charge >= 0.3 is 5.97 Å². The number of carbonyl (C=O) groups excluding carboxylic acids is 2. The van der Waals surface area contributed by atoms with Gasteiger partial charge in [-0.2, -0.15) is 0 Å². The van der Waals surface area contributed by atoms with Gasteiger partial charge in [-0.1, -0.05) is 12.1 Å². The number of hydrogen-bond donors (Lipinski definition) is 2. The van der Waals surface area contributed by atoms with Crippen molar-refractivity contribution in [2.24, 2.45) is 0 Å². The van der Waals surface area contributed by atoms with E-state index in [0.717, 1.165) is 0 Å². The van der Waals surface area contributed by atoms with E-state index in [4.69, 9.17) is 5.11 Å². The summed E-state index contributed by atoms with van der Waals surface area (Å²) >= 11 is 1.46. The standard InChI is InChI=1S/C16H19FN2O4S/c17-11-5-1-2-6-12(11)18-16(23)13-9-24-10-19(13)14(20)7-3-4-8-15(21)22/h1-2,5-6,13H,3-4,7-10H2,(H,18,23)(H,21,22). The Labute approximate surface area is 143 Å². The lowest BCUT2D eigenvalue weighted by atomic mass is 10.1. The Kier molecular flexibility index (Phi) is 6.60. The Hall–Kier alpha value is -2.09. The molecular weight excluding hydrogens is 335 g/mol. The fraction of sp³-hybridized carbons (Fsp3) is 0.438. The molecule has 1 aliphatic rings. The summed E-state index contributed by atoms with van der Waals surface area (Å²) in [7, 11) is 0. The van der Waals surface area contributed by atoms with Crippen LogP contribution in [0.5, 0.6) is 0 Å². The number of unbranched alkanes of at least 4 members (excludes halogenated alkanes) is 1. The monoisotopic (exact) mass is 354 g/mol. The summed E-state index contributed by atoms with van der Waals surface area (Å²) in [6.45, 7) is 0. The highest BCUT2D eigenvalue weighted by atomic mass is 32.2. The summed E-state index contributed by atoms with van der Waals surface area (Å²) in [4.78, 5) is 36.5. The van der Waals surface area contributed by atoms with Crippen molar-refractivity contribution < 1.29 is 23.9 Å². The molecule has 1 saturated heterocycles. The number of carboxylic acids is 1. The molecule has 2 N–H and O–H groups in total. The molecule has 0 aromatic heterocycles. The zero-order valence-corrected chi connectivity index (χ0v) is 13.9. The van der Waals surface area contributed by atoms with Crippen LogP contribution in [0.1, 0.15) is 25.7 Å². The van der Waals surface area contributed by atoms with Crippen molar-refractivity contribution in [1.29, 1.82) is 0 Å². The molecular formula is C16H19FN2O4S. The Bertz CT molecular complexity index is 626. The van der Waals surface area contributed by atoms with Gasteiger partial charge in [0.05, 0.1) is 11.6 Å². The molecule has 6 nitrogen and oxygen atoms in total. The third kappa shape index (κ3) is 4.95. The number of para-hydroxylation sites is 1. The van der Waals surface area contributed by atoms with Gasteiger partial charge in [0.25, 0.3) is 0 Å². The Morgan fingerprint density at radius 2 is 1.96 bits per heavy atom. The van der Waals surface area contributed by atoms with E-state index in [1.165, 1.54) is 34.9 Å². The highest BCUT2D eigenvalue weighted by molar-refractivity contribution is 7.99. The van der Waals surface area contributed by atoms with Gasteiger partial charge in [0.15, 0.2) is 0 Å². The first-order valence-electron chi connectivity index (χ1n) is 7.63. The fourth-order valence-corrected chi connectivity index (χ4v) is 3.56. The quantitative estimate of drug-likeness (QED) is 0.734. The topological polar surface area (TPSA) is 86.7 Å². The molecule has 130 valence electrons. The first-order chi connectivity index (χ1) is 11.5. The average Bonchev–Trinajstić information content (AvgIpc) is 3.03. The van der Waals surface area contributed by atoms with Gasteiger partial charge in [-0.3, -0.25) is 14.4 Å². The second-order valence-electron chi connectivity index (χ2n) is 5.45. The number of nitrogens with one attached hydrogen (secondary N) is 1. The lowest BCUT2D eigenvalue weighted by Crippen LogP contribution is -2.44. The van der Waals surface area contributed by atoms with E-state index in [-0.39, 0.29) is 24.4 Å². The van der Waals surface area contributed by atoms with E-state index in [2.05, 4.69) is 5.32 Å². The maximum Gasteiger partial charge on any atom is 0.303 e. The zero-order valence-electron chi connectivity index (χ0n) is 13.0. The molecule has 2 rings (SSSR count). The van der Waals surface area contributed by atoms with Crippen molar-refractivity contribution in [1.82, 2.24) is 4.90 Å². The molecule has 2 amide bonds. The van der Waals surface area contributed by atoms with E-state index in [9.17, 15) is 18.8 Å². The molecule has 0 radical (unpaired) electrons. The number of carboxylic acid groups (broad SMARTS) is 1. The number of rotatable bonds is 7. The minimum absolute atomic E-state index is 0.0270. The average molecular weight is 354 g/mol. The summed E-state index contributed by atoms with van der Waals surface area (Å²) in [5, 5.41) is 11.1. The maximum absolute atomic E-state index is 13.6. The minimum Gasteiger partial charge on any atom is -0.481 e. The molecule has 0 bridgehead atoms. The van der Waals surface area contributed by atoms with Crippen LogP contribution < -0.4 is 5.32 Å². The highest BCUT2D eigenvalue weighted by Crippen LogP contribution is 2.24. The molecule has 0 aliphatic carbocycles. The summed E-state index contributed by atoms with van der Waals surface area (Å²) < 4.78 is 13.6. The van der Waals surface area contributed by atoms with Crippen LogP contribution in [0.15, 0.2) is 24.3 Å². The van der Waals surface area contributed by atoms with Crippen LogP contribution >= 0.6 is 11.8 Å². The Morgan fingerprint density at radius 3 is 2.67 bits per heavy atom. The van der Waals surface area contributed by atoms with E-state index in [1.807, 2.05) is 0 Å². The molecule has 0 spiro atoms. The van der Waals surface area contributed by atoms with E-state index < -0.39 is 23.7 Å². The lowest BCUT2D eigenvalue weighted by molar-refractivity contribution is -0.138. The van der Waals surface area contributed by atoms with Gasteiger partial charge in [-0.05, 0) is 25.0 Å². The fourth-order valence-electron chi connectivity index (χ4n) is 2.38. The SMILES string of the molecule is O=C(O)CCCCC(=O)N1CSCC1C(=O)Nc1ccccc1F. The molecule has 1 fully saturated rings. The molecule has 8 heteroatoms. The number of aliphatic carboxylic acids is 1. The summed E-state index contributed by atoms with van der Waals surface area (Å²) in [5.74, 6) is -1.14. The third-order valence-corrected chi connectivity index (χ3v) is 4.68. The van der Waals surface area contributed by atoms with Crippen LogP contribution in [0, 0.1) is 5.82 Å². The number of amides is 2. The number of benzene rings is 1. The van der Waals surface area contributed by atoms with Crippen molar-refractivity contribution in [2.75, 3.05) is 16.9 Å². The second kappa shape index (κ2) is 8.68. The largest absolute Gasteiger partial charge is 0.481 e. The van der Waals surface area contributed by atoms with Crippen LogP contribution in [0.4, 0.5) is 10.1 Å². The van der Waals surface area contributed by atoms with Crippen molar-refractivity contribution >= 4 is 35.2 Å². The molecule has 1 aliphatic heterocycles. The van der Waals surface area contributed by atoms with Crippen LogP contribution in [0.25, 0.3) is 0 Å². The van der Waals surface area contributed by atoms with Gasteiger partial charge in [-0.25, -0.2) is 4.39 Å². The van der Waals surface area contributed by atoms with Gasteiger partial charge in [0.2, 0.25) is 11.8 Å². The minimum atomic E-state index is -0.888. The molecule has 1 heterocycles. The number of nitrogens with zero attached hydrogens (tertiary/aromatic N) is 1. The molecule has 1 aromatic carbocycles. The number of hydrogen-bond acceptors (Lipinski definition) is 4. The number of halogens is 1. The lowest BCUT2D eigenvalue weighted by Gasteiger charge is -2.23. The Balaban J connectivity index is 1.89. The van der Waals surface area contributed by atoms with E-state index >= 15 is 0 Å². The Morgan fingerprint density at radius 1 is 1.25 bits per heavy atom. The maximum atomic E-state index is 13.6. The van der Waals surface area contributed by atoms with Gasteiger partial charge in [0.1, 0.15) is 11.9 Å². The predicted octanol–water partition coefficient (Wildman–Crippen LogP) is 2.31. The predicted molar refractivity (Wildman–Crippen MR) is 89.1 cm³/mol. The van der Waals surface area contributed by atoms with Crippen molar-refractivity contribution in [2.45, 2.75) is 31.7 Å². The number of anilines is 1. The van der Waals surface area contributed by atoms with Crippen molar-refractivity contribution in [3.05, 3.63) is 30.1 Å². The van der Waals surface area contributed by atoms with E-state index in [1.54, 1.807) is 6.07 Å². The van der Waals surface area contributed by atoms with Crippen molar-refractivity contribution in [3.63, 3.8) is 0 Å². The normalized spacial score (nSPS) is 16.9. The van der Waals surface area contributed by atoms with Crippen LogP contribution in [0.3, 0.4) is 0 Å². The summed E-state index contributed by atoms with van der Waals surface area (Å²) in [6, 6.07) is 5.23. The van der Waals surface area contributed by atoms with Gasteiger partial charge < -0.3 is 15.3 Å². The first-order valence-corrected chi connectivity index (χ1v) is 8.79. The van der Waals surface area contributed by atoms with Crippen LogP contribution in [-0.4, -0.2) is 45.5 Å². The number of thioether (sulfide) groups is 1. The van der Waals surface area contributed by atoms with Crippen LogP contribution in [0.2, 0.25) is 0 Å². The first kappa shape index (κ1) is 18.3. The molecule has 1 aromatic rings. The summed E-state index contributed by atoms with van der Waals surface area (Å²) in [5.41, 5.74) is 0.0910. The third-order valence-electron chi connectivity index (χ3n) is 3.67. The smallest absolute Gasteiger partial charge is 0.303 e. The summed E-state index contributed by atoms with van der Waals surface area (Å²) in [6.07, 6.45) is 1.12.